The van der Waals surface area contributed by atoms with Crippen LogP contribution in [-0.4, -0.2) is 17.9 Å². The van der Waals surface area contributed by atoms with Crippen molar-refractivity contribution in [3.05, 3.63) is 6.07 Å². The van der Waals surface area contributed by atoms with E-state index in [4.69, 9.17) is 9.47 Å². The van der Waals surface area contributed by atoms with Gasteiger partial charge in [0.15, 0.2) is 9.87 Å². The molecule has 1 aromatic carbocycles. The molecule has 0 saturated heterocycles. The van der Waals surface area contributed by atoms with Crippen molar-refractivity contribution in [1.82, 2.24) is 0 Å². The fourth-order valence-electron chi connectivity index (χ4n) is 2.70. The highest BCUT2D eigenvalue weighted by molar-refractivity contribution is 8.01. The van der Waals surface area contributed by atoms with Crippen molar-refractivity contribution in [3.8, 4) is 11.5 Å². The Morgan fingerprint density at radius 1 is 0.850 bits per heavy atom. The molecule has 0 unspecified atom stereocenters. The molecule has 0 bridgehead atoms. The highest BCUT2D eigenvalue weighted by atomic mass is 32.2. The molecule has 2 aliphatic rings. The third-order valence-electron chi connectivity index (χ3n) is 3.32. The smallest absolute Gasteiger partial charge is 0.153 e. The molecule has 20 heavy (non-hydrogen) atoms. The van der Waals surface area contributed by atoms with Crippen molar-refractivity contribution in [3.63, 3.8) is 0 Å². The molecule has 0 N–H and O–H groups in total. The Kier molecular flexibility index (Phi) is 3.04. The predicted octanol–water partition coefficient (Wildman–Crippen LogP) is 4.67. The Labute approximate surface area is 131 Å². The zero-order chi connectivity index (χ0) is 14.9. The first-order valence-corrected chi connectivity index (χ1v) is 12.1. The minimum absolute atomic E-state index is 0.175. The van der Waals surface area contributed by atoms with E-state index < -0.39 is 8.07 Å². The lowest BCUT2D eigenvalue weighted by Crippen LogP contribution is -2.40. The minimum atomic E-state index is -1.55. The third-order valence-corrected chi connectivity index (χ3v) is 7.47. The Hall–Kier alpha value is -0.263. The molecule has 110 valence electrons. The highest BCUT2D eigenvalue weighted by Crippen LogP contribution is 2.55. The molecule has 0 saturated carbocycles. The summed E-state index contributed by atoms with van der Waals surface area (Å²) in [5, 5.41) is 1.35. The van der Waals surface area contributed by atoms with Gasteiger partial charge in [0.2, 0.25) is 0 Å². The summed E-state index contributed by atoms with van der Waals surface area (Å²) in [7, 11) is -1.55. The second-order valence-corrected chi connectivity index (χ2v) is 15.6. The SMILES string of the molecule is CC1(C)Oc2c(cc3c(c2[Si](C)(C)C)OC(C)(C)S3)S1. The van der Waals surface area contributed by atoms with Gasteiger partial charge in [-0.25, -0.2) is 0 Å². The van der Waals surface area contributed by atoms with E-state index in [-0.39, 0.29) is 9.87 Å². The standard InChI is InChI=1S/C15H22O2S2Si/c1-14(2)16-11-9(18-14)8-10-12(13(11)20(5,6)7)17-15(3,4)19-10/h8H,1-7H3. The summed E-state index contributed by atoms with van der Waals surface area (Å²) in [6, 6.07) is 2.26. The van der Waals surface area contributed by atoms with Crippen LogP contribution in [-0.2, 0) is 0 Å². The summed E-state index contributed by atoms with van der Waals surface area (Å²) in [6.45, 7) is 15.6. The molecular formula is C15H22O2S2Si. The molecular weight excluding hydrogens is 304 g/mol. The Bertz CT molecular complexity index is 546. The first-order chi connectivity index (χ1) is 8.99. The van der Waals surface area contributed by atoms with Crippen LogP contribution in [0.2, 0.25) is 19.6 Å². The number of benzene rings is 1. The second kappa shape index (κ2) is 4.14. The van der Waals surface area contributed by atoms with E-state index in [9.17, 15) is 0 Å². The van der Waals surface area contributed by atoms with E-state index in [1.807, 2.05) is 23.5 Å². The van der Waals surface area contributed by atoms with Crippen molar-refractivity contribution >= 4 is 36.8 Å². The van der Waals surface area contributed by atoms with Gasteiger partial charge in [-0.2, -0.15) is 0 Å². The molecule has 2 heterocycles. The number of rotatable bonds is 1. The molecule has 5 heteroatoms. The van der Waals surface area contributed by atoms with Crippen LogP contribution in [0.1, 0.15) is 27.7 Å². The zero-order valence-electron chi connectivity index (χ0n) is 13.2. The Morgan fingerprint density at radius 3 is 1.60 bits per heavy atom. The van der Waals surface area contributed by atoms with Gasteiger partial charge in [0, 0.05) is 5.19 Å². The van der Waals surface area contributed by atoms with Gasteiger partial charge in [-0.3, -0.25) is 0 Å². The molecule has 0 spiro atoms. The van der Waals surface area contributed by atoms with E-state index in [2.05, 4.69) is 53.4 Å². The summed E-state index contributed by atoms with van der Waals surface area (Å²) in [6.07, 6.45) is 0. The van der Waals surface area contributed by atoms with E-state index in [0.29, 0.717) is 0 Å². The van der Waals surface area contributed by atoms with Gasteiger partial charge < -0.3 is 9.47 Å². The molecule has 0 aromatic heterocycles. The average Bonchev–Trinajstić information content (AvgIpc) is 2.63. The lowest BCUT2D eigenvalue weighted by Gasteiger charge is -2.25. The predicted molar refractivity (Wildman–Crippen MR) is 90.6 cm³/mol. The zero-order valence-corrected chi connectivity index (χ0v) is 15.8. The van der Waals surface area contributed by atoms with E-state index >= 15 is 0 Å². The van der Waals surface area contributed by atoms with Crippen molar-refractivity contribution in [1.29, 1.82) is 0 Å². The van der Waals surface area contributed by atoms with Gasteiger partial charge in [-0.1, -0.05) is 43.2 Å². The van der Waals surface area contributed by atoms with Crippen LogP contribution in [0.5, 0.6) is 11.5 Å². The Morgan fingerprint density at radius 2 is 1.25 bits per heavy atom. The maximum absolute atomic E-state index is 6.25. The molecule has 0 radical (unpaired) electrons. The molecule has 0 aliphatic carbocycles. The van der Waals surface area contributed by atoms with Crippen LogP contribution in [0.25, 0.3) is 0 Å². The van der Waals surface area contributed by atoms with Crippen molar-refractivity contribution in [2.75, 3.05) is 0 Å². The molecule has 1 aromatic rings. The van der Waals surface area contributed by atoms with Gasteiger partial charge in [0.05, 0.1) is 17.9 Å². The topological polar surface area (TPSA) is 18.5 Å². The van der Waals surface area contributed by atoms with Crippen LogP contribution >= 0.6 is 23.5 Å². The van der Waals surface area contributed by atoms with Crippen LogP contribution < -0.4 is 14.7 Å². The van der Waals surface area contributed by atoms with E-state index in [1.54, 1.807) is 0 Å². The number of hydrogen-bond donors (Lipinski definition) is 0. The minimum Gasteiger partial charge on any atom is -0.476 e. The largest absolute Gasteiger partial charge is 0.476 e. The maximum Gasteiger partial charge on any atom is 0.153 e. The molecule has 0 atom stereocenters. The van der Waals surface area contributed by atoms with Gasteiger partial charge in [0.25, 0.3) is 0 Å². The number of thioether (sulfide) groups is 2. The number of ether oxygens (including phenoxy) is 2. The van der Waals surface area contributed by atoms with Crippen LogP contribution in [0.4, 0.5) is 0 Å². The van der Waals surface area contributed by atoms with Crippen LogP contribution in [0.3, 0.4) is 0 Å². The van der Waals surface area contributed by atoms with Gasteiger partial charge in [-0.05, 0) is 33.8 Å². The fourth-order valence-corrected chi connectivity index (χ4v) is 6.82. The molecule has 2 aliphatic heterocycles. The average molecular weight is 327 g/mol. The van der Waals surface area contributed by atoms with E-state index in [0.717, 1.165) is 11.5 Å². The van der Waals surface area contributed by atoms with Crippen molar-refractivity contribution in [2.45, 2.75) is 67.0 Å². The lowest BCUT2D eigenvalue weighted by molar-refractivity contribution is 0.206. The maximum atomic E-state index is 6.25. The second-order valence-electron chi connectivity index (χ2n) is 7.36. The molecule has 3 rings (SSSR count). The van der Waals surface area contributed by atoms with Crippen molar-refractivity contribution < 1.29 is 9.47 Å². The molecule has 0 fully saturated rings. The molecule has 2 nitrogen and oxygen atoms in total. The lowest BCUT2D eigenvalue weighted by atomic mass is 10.3. The van der Waals surface area contributed by atoms with Gasteiger partial charge in [-0.15, -0.1) is 0 Å². The van der Waals surface area contributed by atoms with Crippen molar-refractivity contribution in [2.24, 2.45) is 0 Å². The third kappa shape index (κ3) is 2.38. The summed E-state index contributed by atoms with van der Waals surface area (Å²) < 4.78 is 12.5. The first kappa shape index (κ1) is 14.7. The van der Waals surface area contributed by atoms with Gasteiger partial charge >= 0.3 is 0 Å². The quantitative estimate of drug-likeness (QED) is 0.698. The van der Waals surface area contributed by atoms with E-state index in [1.165, 1.54) is 15.0 Å². The summed E-state index contributed by atoms with van der Waals surface area (Å²) in [4.78, 5) is 2.21. The number of hydrogen-bond acceptors (Lipinski definition) is 4. The number of fused-ring (bicyclic) bond motifs is 2. The monoisotopic (exact) mass is 326 g/mol. The normalized spacial score (nSPS) is 21.9. The summed E-state index contributed by atoms with van der Waals surface area (Å²) >= 11 is 3.64. The fraction of sp³-hybridized carbons (Fsp3) is 0.600. The van der Waals surface area contributed by atoms with Gasteiger partial charge in [0.1, 0.15) is 11.5 Å². The molecule has 0 amide bonds. The highest BCUT2D eigenvalue weighted by Gasteiger charge is 2.43. The Balaban J connectivity index is 2.23. The van der Waals surface area contributed by atoms with Crippen LogP contribution in [0.15, 0.2) is 15.9 Å². The summed E-state index contributed by atoms with van der Waals surface area (Å²) in [5.41, 5.74) is 0. The summed E-state index contributed by atoms with van der Waals surface area (Å²) in [5.74, 6) is 2.16. The van der Waals surface area contributed by atoms with Crippen LogP contribution in [0, 0.1) is 0 Å². The first-order valence-electron chi connectivity index (χ1n) is 6.96.